The van der Waals surface area contributed by atoms with Crippen molar-refractivity contribution in [3.8, 4) is 5.75 Å². The van der Waals surface area contributed by atoms with Crippen molar-refractivity contribution in [1.29, 1.82) is 0 Å². The number of halogens is 1. The van der Waals surface area contributed by atoms with Crippen LogP contribution < -0.4 is 10.1 Å². The zero-order valence-electron chi connectivity index (χ0n) is 12.1. The van der Waals surface area contributed by atoms with Crippen LogP contribution in [0.4, 0.5) is 4.39 Å². The standard InChI is InChI=1S/C17H20FNO/c1-12-9-16(18)8-7-15(12)11-19-13(2)14-5-4-6-17(10-14)20-3/h4-10,13,19H,11H2,1-3H3/t13-/m1/s1. The van der Waals surface area contributed by atoms with Crippen LogP contribution in [0, 0.1) is 12.7 Å². The van der Waals surface area contributed by atoms with Gasteiger partial charge in [-0.2, -0.15) is 0 Å². The van der Waals surface area contributed by atoms with Crippen molar-refractivity contribution in [2.45, 2.75) is 26.4 Å². The lowest BCUT2D eigenvalue weighted by molar-refractivity contribution is 0.413. The highest BCUT2D eigenvalue weighted by atomic mass is 19.1. The molecule has 106 valence electrons. The first-order valence-electron chi connectivity index (χ1n) is 6.72. The number of hydrogen-bond donors (Lipinski definition) is 1. The summed E-state index contributed by atoms with van der Waals surface area (Å²) >= 11 is 0. The monoisotopic (exact) mass is 273 g/mol. The Morgan fingerprint density at radius 3 is 2.70 bits per heavy atom. The second-order valence-corrected chi connectivity index (χ2v) is 4.95. The normalized spacial score (nSPS) is 12.2. The summed E-state index contributed by atoms with van der Waals surface area (Å²) in [7, 11) is 1.67. The maximum absolute atomic E-state index is 13.1. The Bertz CT molecular complexity index is 583. The van der Waals surface area contributed by atoms with Crippen molar-refractivity contribution in [3.63, 3.8) is 0 Å². The Morgan fingerprint density at radius 2 is 2.00 bits per heavy atom. The largest absolute Gasteiger partial charge is 0.497 e. The Morgan fingerprint density at radius 1 is 1.20 bits per heavy atom. The van der Waals surface area contributed by atoms with Crippen LogP contribution in [0.3, 0.4) is 0 Å². The lowest BCUT2D eigenvalue weighted by Crippen LogP contribution is -2.18. The second-order valence-electron chi connectivity index (χ2n) is 4.95. The minimum Gasteiger partial charge on any atom is -0.497 e. The molecule has 1 N–H and O–H groups in total. The summed E-state index contributed by atoms with van der Waals surface area (Å²) in [5, 5.41) is 3.45. The third kappa shape index (κ3) is 3.58. The van der Waals surface area contributed by atoms with Crippen LogP contribution >= 0.6 is 0 Å². The molecular weight excluding hydrogens is 253 g/mol. The minimum atomic E-state index is -0.188. The molecule has 2 aromatic rings. The van der Waals surface area contributed by atoms with Gasteiger partial charge in [-0.1, -0.05) is 18.2 Å². The van der Waals surface area contributed by atoms with Gasteiger partial charge in [-0.3, -0.25) is 0 Å². The van der Waals surface area contributed by atoms with Gasteiger partial charge in [-0.05, 0) is 54.8 Å². The number of hydrogen-bond acceptors (Lipinski definition) is 2. The molecular formula is C17H20FNO. The van der Waals surface area contributed by atoms with Crippen molar-refractivity contribution in [2.75, 3.05) is 7.11 Å². The molecule has 0 unspecified atom stereocenters. The summed E-state index contributed by atoms with van der Waals surface area (Å²) < 4.78 is 18.3. The first-order valence-corrected chi connectivity index (χ1v) is 6.72. The molecule has 0 fully saturated rings. The van der Waals surface area contributed by atoms with Crippen LogP contribution in [0.1, 0.15) is 29.7 Å². The number of ether oxygens (including phenoxy) is 1. The van der Waals surface area contributed by atoms with E-state index >= 15 is 0 Å². The molecule has 0 amide bonds. The SMILES string of the molecule is COc1cccc([C@@H](C)NCc2ccc(F)cc2C)c1. The molecule has 2 aromatic carbocycles. The molecule has 0 saturated carbocycles. The van der Waals surface area contributed by atoms with E-state index in [1.807, 2.05) is 31.2 Å². The van der Waals surface area contributed by atoms with Gasteiger partial charge in [0.25, 0.3) is 0 Å². The van der Waals surface area contributed by atoms with E-state index in [0.29, 0.717) is 6.54 Å². The summed E-state index contributed by atoms with van der Waals surface area (Å²) in [6.07, 6.45) is 0. The van der Waals surface area contributed by atoms with Crippen molar-refractivity contribution in [1.82, 2.24) is 5.32 Å². The number of benzene rings is 2. The summed E-state index contributed by atoms with van der Waals surface area (Å²) in [6, 6.07) is 13.1. The van der Waals surface area contributed by atoms with Crippen molar-refractivity contribution >= 4 is 0 Å². The first kappa shape index (κ1) is 14.5. The van der Waals surface area contributed by atoms with Crippen molar-refractivity contribution in [2.24, 2.45) is 0 Å². The first-order chi connectivity index (χ1) is 9.60. The highest BCUT2D eigenvalue weighted by Crippen LogP contribution is 2.19. The lowest BCUT2D eigenvalue weighted by atomic mass is 10.1. The fourth-order valence-corrected chi connectivity index (χ4v) is 2.15. The molecule has 3 heteroatoms. The molecule has 20 heavy (non-hydrogen) atoms. The van der Waals surface area contributed by atoms with E-state index in [-0.39, 0.29) is 11.9 Å². The van der Waals surface area contributed by atoms with E-state index in [1.165, 1.54) is 11.6 Å². The Balaban J connectivity index is 2.02. The molecule has 2 nitrogen and oxygen atoms in total. The molecule has 0 heterocycles. The van der Waals surface area contributed by atoms with Crippen LogP contribution in [0.15, 0.2) is 42.5 Å². The molecule has 0 radical (unpaired) electrons. The fraction of sp³-hybridized carbons (Fsp3) is 0.294. The summed E-state index contributed by atoms with van der Waals surface area (Å²) in [5.41, 5.74) is 3.25. The van der Waals surface area contributed by atoms with E-state index < -0.39 is 0 Å². The van der Waals surface area contributed by atoms with Crippen LogP contribution in [-0.4, -0.2) is 7.11 Å². The molecule has 0 spiro atoms. The van der Waals surface area contributed by atoms with E-state index in [9.17, 15) is 4.39 Å². The van der Waals surface area contributed by atoms with Gasteiger partial charge in [0.15, 0.2) is 0 Å². The summed E-state index contributed by atoms with van der Waals surface area (Å²) in [5.74, 6) is 0.668. The van der Waals surface area contributed by atoms with E-state index in [4.69, 9.17) is 4.74 Å². The molecule has 0 aliphatic heterocycles. The Labute approximate surface area is 119 Å². The number of nitrogens with one attached hydrogen (secondary N) is 1. The van der Waals surface area contributed by atoms with Gasteiger partial charge in [-0.25, -0.2) is 4.39 Å². The zero-order valence-corrected chi connectivity index (χ0v) is 12.1. The van der Waals surface area contributed by atoms with Crippen LogP contribution in [0.2, 0.25) is 0 Å². The highest BCUT2D eigenvalue weighted by molar-refractivity contribution is 5.31. The maximum atomic E-state index is 13.1. The van der Waals surface area contributed by atoms with Gasteiger partial charge < -0.3 is 10.1 Å². The smallest absolute Gasteiger partial charge is 0.123 e. The van der Waals surface area contributed by atoms with Gasteiger partial charge in [0.2, 0.25) is 0 Å². The molecule has 1 atom stereocenters. The van der Waals surface area contributed by atoms with Gasteiger partial charge in [0, 0.05) is 12.6 Å². The van der Waals surface area contributed by atoms with Crippen molar-refractivity contribution in [3.05, 3.63) is 65.0 Å². The Hall–Kier alpha value is -1.87. The van der Waals surface area contributed by atoms with Crippen molar-refractivity contribution < 1.29 is 9.13 Å². The van der Waals surface area contributed by atoms with Gasteiger partial charge >= 0.3 is 0 Å². The van der Waals surface area contributed by atoms with Gasteiger partial charge in [0.05, 0.1) is 7.11 Å². The predicted molar refractivity (Wildman–Crippen MR) is 79.4 cm³/mol. The average molecular weight is 273 g/mol. The van der Waals surface area contributed by atoms with Crippen LogP contribution in [-0.2, 0) is 6.54 Å². The lowest BCUT2D eigenvalue weighted by Gasteiger charge is -2.16. The number of aryl methyl sites for hydroxylation is 1. The zero-order chi connectivity index (χ0) is 14.5. The molecule has 0 aliphatic rings. The predicted octanol–water partition coefficient (Wildman–Crippen LogP) is 3.99. The second kappa shape index (κ2) is 6.53. The van der Waals surface area contributed by atoms with Gasteiger partial charge in [-0.15, -0.1) is 0 Å². The van der Waals surface area contributed by atoms with Crippen LogP contribution in [0.25, 0.3) is 0 Å². The topological polar surface area (TPSA) is 21.3 Å². The minimum absolute atomic E-state index is 0.188. The van der Waals surface area contributed by atoms with Crippen LogP contribution in [0.5, 0.6) is 5.75 Å². The van der Waals surface area contributed by atoms with E-state index in [0.717, 1.165) is 16.9 Å². The molecule has 0 aliphatic carbocycles. The maximum Gasteiger partial charge on any atom is 0.123 e. The molecule has 0 aromatic heterocycles. The summed E-state index contributed by atoms with van der Waals surface area (Å²) in [6.45, 7) is 4.74. The third-order valence-corrected chi connectivity index (χ3v) is 3.50. The van der Waals surface area contributed by atoms with E-state index in [2.05, 4.69) is 18.3 Å². The highest BCUT2D eigenvalue weighted by Gasteiger charge is 2.07. The van der Waals surface area contributed by atoms with E-state index in [1.54, 1.807) is 13.2 Å². The summed E-state index contributed by atoms with van der Waals surface area (Å²) in [4.78, 5) is 0. The van der Waals surface area contributed by atoms with Gasteiger partial charge in [0.1, 0.15) is 11.6 Å². The fourth-order valence-electron chi connectivity index (χ4n) is 2.15. The average Bonchev–Trinajstić information content (AvgIpc) is 2.46. The number of methoxy groups -OCH3 is 1. The Kier molecular flexibility index (Phi) is 4.74. The molecule has 0 bridgehead atoms. The molecule has 2 rings (SSSR count). The molecule has 0 saturated heterocycles. The number of rotatable bonds is 5. The quantitative estimate of drug-likeness (QED) is 0.889. The third-order valence-electron chi connectivity index (χ3n) is 3.50.